The number of nitrogens with two attached hydrogens (primary N) is 2. The monoisotopic (exact) mass is 188 g/mol. The van der Waals surface area contributed by atoms with E-state index in [0.717, 1.165) is 0 Å². The Hall–Kier alpha value is -1.41. The van der Waals surface area contributed by atoms with E-state index < -0.39 is 23.8 Å². The molecule has 0 radical (unpaired) electrons. The molecule has 0 bridgehead atoms. The minimum absolute atomic E-state index is 0.377. The number of carbonyl (C=O) groups excluding carboxylic acids is 1. The van der Waals surface area contributed by atoms with Gasteiger partial charge in [-0.25, -0.2) is 4.79 Å². The Kier molecular flexibility index (Phi) is 2.34. The number of ether oxygens (including phenoxy) is 1. The molecule has 1 fully saturated rings. The Balaban J connectivity index is 2.87. The van der Waals surface area contributed by atoms with Gasteiger partial charge in [0.2, 0.25) is 0 Å². The first-order valence-electron chi connectivity index (χ1n) is 3.44. The molecule has 0 aromatic rings. The van der Waals surface area contributed by atoms with E-state index in [1.807, 2.05) is 0 Å². The minimum Gasteiger partial charge on any atom is -0.455 e. The molecular weight excluding hydrogens is 180 g/mol. The van der Waals surface area contributed by atoms with Gasteiger partial charge in [-0.2, -0.15) is 9.81 Å². The summed E-state index contributed by atoms with van der Waals surface area (Å²) >= 11 is 0. The second-order valence-electron chi connectivity index (χ2n) is 2.74. The van der Waals surface area contributed by atoms with Crippen molar-refractivity contribution < 1.29 is 9.53 Å². The number of nitrogens with zero attached hydrogens (tertiary/aromatic N) is 2. The van der Waals surface area contributed by atoms with Crippen LogP contribution in [0, 0.1) is 9.81 Å². The highest BCUT2D eigenvalue weighted by Crippen LogP contribution is 2.23. The average molecular weight is 188 g/mol. The molecule has 1 saturated heterocycles. The SMILES string of the molecule is NC1(N)C(=O)O[C@H](CN=O)[C@H]1N=O. The number of hydrogen-bond acceptors (Lipinski definition) is 8. The lowest BCUT2D eigenvalue weighted by molar-refractivity contribution is -0.144. The lowest BCUT2D eigenvalue weighted by Gasteiger charge is -2.16. The maximum Gasteiger partial charge on any atom is 0.343 e. The van der Waals surface area contributed by atoms with E-state index in [0.29, 0.717) is 0 Å². The van der Waals surface area contributed by atoms with Gasteiger partial charge in [-0.15, -0.1) is 0 Å². The summed E-state index contributed by atoms with van der Waals surface area (Å²) < 4.78 is 4.54. The highest BCUT2D eigenvalue weighted by molar-refractivity contribution is 5.83. The van der Waals surface area contributed by atoms with Gasteiger partial charge in [0.25, 0.3) is 0 Å². The number of cyclic esters (lactones) is 1. The van der Waals surface area contributed by atoms with Gasteiger partial charge in [0.15, 0.2) is 17.8 Å². The van der Waals surface area contributed by atoms with Crippen molar-refractivity contribution in [3.05, 3.63) is 9.81 Å². The van der Waals surface area contributed by atoms with Gasteiger partial charge in [0, 0.05) is 0 Å². The summed E-state index contributed by atoms with van der Waals surface area (Å²) in [6, 6.07) is -1.27. The second-order valence-corrected chi connectivity index (χ2v) is 2.74. The maximum atomic E-state index is 10.9. The first-order valence-corrected chi connectivity index (χ1v) is 3.44. The topological polar surface area (TPSA) is 137 Å². The molecule has 0 saturated carbocycles. The minimum atomic E-state index is -1.95. The van der Waals surface area contributed by atoms with E-state index in [1.165, 1.54) is 0 Å². The molecule has 1 aliphatic rings. The summed E-state index contributed by atoms with van der Waals surface area (Å²) in [6.45, 7) is -0.377. The van der Waals surface area contributed by atoms with Crippen molar-refractivity contribution in [1.82, 2.24) is 0 Å². The van der Waals surface area contributed by atoms with Crippen LogP contribution in [-0.4, -0.2) is 30.3 Å². The lowest BCUT2D eigenvalue weighted by Crippen LogP contribution is -2.61. The molecule has 8 heteroatoms. The zero-order valence-electron chi connectivity index (χ0n) is 6.54. The first-order chi connectivity index (χ1) is 6.04. The molecule has 1 rings (SSSR count). The standard InChI is InChI=1S/C5H8N4O4/c6-5(7)3(9-12)2(1-8-11)13-4(5)10/h2-3H,1,6-7H2/t2-,3-/m1/s1. The van der Waals surface area contributed by atoms with Gasteiger partial charge in [-0.05, 0) is 0 Å². The van der Waals surface area contributed by atoms with Gasteiger partial charge in [0.1, 0.15) is 6.54 Å². The molecule has 2 atom stereocenters. The number of carbonyl (C=O) groups is 1. The third kappa shape index (κ3) is 1.40. The van der Waals surface area contributed by atoms with Gasteiger partial charge in [0.05, 0.1) is 0 Å². The molecule has 1 heterocycles. The van der Waals surface area contributed by atoms with E-state index in [2.05, 4.69) is 15.1 Å². The smallest absolute Gasteiger partial charge is 0.343 e. The van der Waals surface area contributed by atoms with E-state index in [-0.39, 0.29) is 6.54 Å². The second kappa shape index (κ2) is 3.15. The van der Waals surface area contributed by atoms with Crippen molar-refractivity contribution in [2.24, 2.45) is 21.8 Å². The molecule has 72 valence electrons. The van der Waals surface area contributed by atoms with Crippen LogP contribution in [0.5, 0.6) is 0 Å². The Morgan fingerprint density at radius 2 is 2.08 bits per heavy atom. The third-order valence-corrected chi connectivity index (χ3v) is 1.82. The van der Waals surface area contributed by atoms with Crippen LogP contribution in [-0.2, 0) is 9.53 Å². The summed E-state index contributed by atoms with van der Waals surface area (Å²) in [5.41, 5.74) is 8.58. The van der Waals surface area contributed by atoms with Crippen molar-refractivity contribution >= 4 is 5.97 Å². The third-order valence-electron chi connectivity index (χ3n) is 1.82. The van der Waals surface area contributed by atoms with Crippen molar-refractivity contribution in [2.75, 3.05) is 6.54 Å². The Morgan fingerprint density at radius 3 is 2.54 bits per heavy atom. The fourth-order valence-electron chi connectivity index (χ4n) is 1.10. The molecule has 8 nitrogen and oxygen atoms in total. The van der Waals surface area contributed by atoms with Crippen molar-refractivity contribution in [1.29, 1.82) is 0 Å². The number of nitroso groups, excluding NO2 is 2. The maximum absolute atomic E-state index is 10.9. The molecular formula is C5H8N4O4. The summed E-state index contributed by atoms with van der Waals surface area (Å²) in [4.78, 5) is 31.1. The fraction of sp³-hybridized carbons (Fsp3) is 0.800. The molecule has 13 heavy (non-hydrogen) atoms. The quantitative estimate of drug-likeness (QED) is 0.311. The zero-order valence-corrected chi connectivity index (χ0v) is 6.54. The van der Waals surface area contributed by atoms with E-state index in [9.17, 15) is 14.6 Å². The number of rotatable bonds is 3. The van der Waals surface area contributed by atoms with E-state index in [1.54, 1.807) is 0 Å². The van der Waals surface area contributed by atoms with Crippen molar-refractivity contribution in [2.45, 2.75) is 17.8 Å². The molecule has 0 amide bonds. The first kappa shape index (κ1) is 9.68. The van der Waals surface area contributed by atoms with E-state index in [4.69, 9.17) is 11.5 Å². The highest BCUT2D eigenvalue weighted by atomic mass is 16.6. The van der Waals surface area contributed by atoms with Crippen LogP contribution in [0.2, 0.25) is 0 Å². The van der Waals surface area contributed by atoms with Crippen LogP contribution in [0.25, 0.3) is 0 Å². The summed E-state index contributed by atoms with van der Waals surface area (Å²) in [7, 11) is 0. The Morgan fingerprint density at radius 1 is 1.46 bits per heavy atom. The van der Waals surface area contributed by atoms with Crippen LogP contribution in [0.4, 0.5) is 0 Å². The molecule has 4 N–H and O–H groups in total. The zero-order chi connectivity index (χ0) is 10.1. The van der Waals surface area contributed by atoms with Crippen LogP contribution >= 0.6 is 0 Å². The molecule has 0 unspecified atom stereocenters. The summed E-state index contributed by atoms with van der Waals surface area (Å²) in [5, 5.41) is 5.02. The Bertz CT molecular complexity index is 253. The van der Waals surface area contributed by atoms with Crippen molar-refractivity contribution in [3.8, 4) is 0 Å². The average Bonchev–Trinajstić information content (AvgIpc) is 2.24. The fourth-order valence-corrected chi connectivity index (χ4v) is 1.10. The number of esters is 1. The van der Waals surface area contributed by atoms with Gasteiger partial charge in [-0.1, -0.05) is 10.4 Å². The summed E-state index contributed by atoms with van der Waals surface area (Å²) in [6.07, 6.45) is -1.04. The van der Waals surface area contributed by atoms with Crippen molar-refractivity contribution in [3.63, 3.8) is 0 Å². The normalized spacial score (nSPS) is 31.1. The van der Waals surface area contributed by atoms with Crippen LogP contribution in [0.3, 0.4) is 0 Å². The molecule has 0 aliphatic carbocycles. The summed E-state index contributed by atoms with van der Waals surface area (Å²) in [5.74, 6) is -0.953. The predicted octanol–water partition coefficient (Wildman–Crippen LogP) is -1.57. The lowest BCUT2D eigenvalue weighted by atomic mass is 10.0. The highest BCUT2D eigenvalue weighted by Gasteiger charge is 2.54. The number of hydrogen-bond donors (Lipinski definition) is 2. The molecule has 0 aromatic carbocycles. The molecule has 1 aliphatic heterocycles. The Labute approximate surface area is 72.5 Å². The van der Waals surface area contributed by atoms with Gasteiger partial charge < -0.3 is 16.2 Å². The largest absolute Gasteiger partial charge is 0.455 e. The molecule has 0 aromatic heterocycles. The van der Waals surface area contributed by atoms with Gasteiger partial charge >= 0.3 is 5.97 Å². The molecule has 0 spiro atoms. The van der Waals surface area contributed by atoms with Gasteiger partial charge in [-0.3, -0.25) is 0 Å². The van der Waals surface area contributed by atoms with E-state index >= 15 is 0 Å². The predicted molar refractivity (Wildman–Crippen MR) is 41.2 cm³/mol. The van der Waals surface area contributed by atoms with Crippen LogP contribution < -0.4 is 11.5 Å². The van der Waals surface area contributed by atoms with Crippen LogP contribution in [0.15, 0.2) is 10.4 Å². The van der Waals surface area contributed by atoms with Crippen LogP contribution in [0.1, 0.15) is 0 Å².